The fourth-order valence-corrected chi connectivity index (χ4v) is 3.04. The van der Waals surface area contributed by atoms with Crippen molar-refractivity contribution >= 4 is 15.7 Å². The lowest BCUT2D eigenvalue weighted by Gasteiger charge is -2.16. The molecule has 1 unspecified atom stereocenters. The van der Waals surface area contributed by atoms with Gasteiger partial charge in [0.05, 0.1) is 11.8 Å². The van der Waals surface area contributed by atoms with Crippen LogP contribution in [-0.2, 0) is 15.8 Å². The van der Waals surface area contributed by atoms with Crippen LogP contribution in [-0.4, -0.2) is 32.0 Å². The van der Waals surface area contributed by atoms with E-state index in [4.69, 9.17) is 4.52 Å². The van der Waals surface area contributed by atoms with Gasteiger partial charge >= 0.3 is 0 Å². The summed E-state index contributed by atoms with van der Waals surface area (Å²) < 4.78 is 30.1. The van der Waals surface area contributed by atoms with Gasteiger partial charge in [0.15, 0.2) is 0 Å². The predicted molar refractivity (Wildman–Crippen MR) is 90.6 cm³/mol. The van der Waals surface area contributed by atoms with Crippen LogP contribution in [0.2, 0.25) is 0 Å². The van der Waals surface area contributed by atoms with Crippen LogP contribution in [0.25, 0.3) is 0 Å². The lowest BCUT2D eigenvalue weighted by molar-refractivity contribution is 0.386. The molecule has 0 saturated carbocycles. The fourth-order valence-electron chi connectivity index (χ4n) is 2.17. The third kappa shape index (κ3) is 4.56. The Labute approximate surface area is 137 Å². The highest BCUT2D eigenvalue weighted by molar-refractivity contribution is 7.88. The van der Waals surface area contributed by atoms with Crippen LogP contribution in [0.15, 0.2) is 34.9 Å². The quantitative estimate of drug-likeness (QED) is 0.841. The van der Waals surface area contributed by atoms with Crippen LogP contribution in [0.3, 0.4) is 0 Å². The maximum absolute atomic E-state index is 11.9. The highest BCUT2D eigenvalue weighted by atomic mass is 32.2. The number of hydrogen-bond donors (Lipinski definition) is 1. The van der Waals surface area contributed by atoms with Crippen molar-refractivity contribution in [3.63, 3.8) is 0 Å². The molecule has 1 aromatic carbocycles. The molecule has 0 bridgehead atoms. The van der Waals surface area contributed by atoms with E-state index in [1.807, 2.05) is 37.3 Å². The first-order valence-electron chi connectivity index (χ1n) is 7.50. The van der Waals surface area contributed by atoms with E-state index < -0.39 is 10.0 Å². The second kappa shape index (κ2) is 7.14. The van der Waals surface area contributed by atoms with Gasteiger partial charge < -0.3 is 9.84 Å². The summed E-state index contributed by atoms with van der Waals surface area (Å²) in [6.07, 6.45) is 0.864. The smallest absolute Gasteiger partial charge is 0.217 e. The molecule has 0 aliphatic rings. The molecular weight excluding hydrogens is 314 g/mol. The number of nitrogens with zero attached hydrogens (tertiary/aromatic N) is 2. The molecular formula is C16H23N3O3S. The molecule has 0 radical (unpaired) electrons. The van der Waals surface area contributed by atoms with Gasteiger partial charge in [-0.25, -0.2) is 12.7 Å². The van der Waals surface area contributed by atoms with Crippen LogP contribution in [0.1, 0.15) is 36.4 Å². The molecule has 1 aromatic heterocycles. The highest BCUT2D eigenvalue weighted by Crippen LogP contribution is 2.23. The van der Waals surface area contributed by atoms with Crippen molar-refractivity contribution in [2.24, 2.45) is 0 Å². The Morgan fingerprint density at radius 2 is 1.91 bits per heavy atom. The van der Waals surface area contributed by atoms with Crippen molar-refractivity contribution in [3.05, 3.63) is 47.3 Å². The number of nitrogens with one attached hydrogen (secondary N) is 1. The summed E-state index contributed by atoms with van der Waals surface area (Å²) in [6.45, 7) is 3.93. The molecule has 1 N–H and O–H groups in total. The number of benzene rings is 1. The standard InChI is InChI=1S/C16H23N3O3S/c1-5-15(16-10-12(2)22-18-16)17-14-8-6-13(7-9-14)11-23(20,21)19(3)4/h6-10,15,17H,5,11H2,1-4H3. The Bertz CT molecular complexity index is 736. The lowest BCUT2D eigenvalue weighted by Crippen LogP contribution is -2.23. The largest absolute Gasteiger partial charge is 0.377 e. The Kier molecular flexibility index (Phi) is 5.43. The molecule has 0 amide bonds. The Morgan fingerprint density at radius 3 is 2.39 bits per heavy atom. The van der Waals surface area contributed by atoms with Crippen LogP contribution >= 0.6 is 0 Å². The summed E-state index contributed by atoms with van der Waals surface area (Å²) in [4.78, 5) is 0. The monoisotopic (exact) mass is 337 g/mol. The van der Waals surface area contributed by atoms with E-state index in [0.717, 1.165) is 29.1 Å². The molecule has 2 rings (SSSR count). The van der Waals surface area contributed by atoms with Crippen molar-refractivity contribution in [1.82, 2.24) is 9.46 Å². The molecule has 0 aliphatic heterocycles. The van der Waals surface area contributed by atoms with Gasteiger partial charge in [0, 0.05) is 25.8 Å². The zero-order chi connectivity index (χ0) is 17.0. The second-order valence-corrected chi connectivity index (χ2v) is 7.89. The summed E-state index contributed by atoms with van der Waals surface area (Å²) in [5, 5.41) is 7.43. The second-order valence-electron chi connectivity index (χ2n) is 5.70. The molecule has 1 heterocycles. The van der Waals surface area contributed by atoms with Gasteiger partial charge in [0.2, 0.25) is 10.0 Å². The van der Waals surface area contributed by atoms with Crippen molar-refractivity contribution in [3.8, 4) is 0 Å². The van der Waals surface area contributed by atoms with E-state index in [9.17, 15) is 8.42 Å². The van der Waals surface area contributed by atoms with Gasteiger partial charge in [0.25, 0.3) is 0 Å². The predicted octanol–water partition coefficient (Wildman–Crippen LogP) is 2.94. The van der Waals surface area contributed by atoms with Crippen LogP contribution < -0.4 is 5.32 Å². The molecule has 0 fully saturated rings. The summed E-state index contributed by atoms with van der Waals surface area (Å²) in [5.74, 6) is 0.782. The number of aryl methyl sites for hydroxylation is 1. The minimum absolute atomic E-state index is 0.0000326. The Hall–Kier alpha value is -1.86. The van der Waals surface area contributed by atoms with Gasteiger partial charge in [-0.05, 0) is 31.0 Å². The summed E-state index contributed by atoms with van der Waals surface area (Å²) in [6, 6.07) is 9.39. The zero-order valence-corrected chi connectivity index (χ0v) is 14.7. The number of hydrogen-bond acceptors (Lipinski definition) is 5. The minimum atomic E-state index is -3.24. The van der Waals surface area contributed by atoms with Crippen molar-refractivity contribution in [2.45, 2.75) is 32.1 Å². The van der Waals surface area contributed by atoms with E-state index in [1.54, 1.807) is 0 Å². The Balaban J connectivity index is 2.07. The van der Waals surface area contributed by atoms with Crippen molar-refractivity contribution < 1.29 is 12.9 Å². The minimum Gasteiger partial charge on any atom is -0.377 e. The van der Waals surface area contributed by atoms with Gasteiger partial charge in [-0.1, -0.05) is 24.2 Å². The SMILES string of the molecule is CCC(Nc1ccc(CS(=O)(=O)N(C)C)cc1)c1cc(C)on1. The molecule has 7 heteroatoms. The van der Waals surface area contributed by atoms with Crippen molar-refractivity contribution in [1.29, 1.82) is 0 Å². The first kappa shape index (κ1) is 17.5. The summed E-state index contributed by atoms with van der Waals surface area (Å²) >= 11 is 0. The number of anilines is 1. The molecule has 126 valence electrons. The van der Waals surface area contributed by atoms with E-state index in [-0.39, 0.29) is 11.8 Å². The molecule has 0 aliphatic carbocycles. The van der Waals surface area contributed by atoms with Crippen molar-refractivity contribution in [2.75, 3.05) is 19.4 Å². The van der Waals surface area contributed by atoms with Crippen LogP contribution in [0.5, 0.6) is 0 Å². The summed E-state index contributed by atoms with van der Waals surface area (Å²) in [7, 11) is -0.164. The molecule has 1 atom stereocenters. The average Bonchev–Trinajstić information content (AvgIpc) is 2.92. The number of rotatable bonds is 7. The summed E-state index contributed by atoms with van der Waals surface area (Å²) in [5.41, 5.74) is 2.54. The first-order chi connectivity index (χ1) is 10.8. The molecule has 23 heavy (non-hydrogen) atoms. The third-order valence-corrected chi connectivity index (χ3v) is 5.42. The normalized spacial score (nSPS) is 13.3. The maximum Gasteiger partial charge on any atom is 0.217 e. The molecule has 0 saturated heterocycles. The average molecular weight is 337 g/mol. The lowest BCUT2D eigenvalue weighted by atomic mass is 10.1. The zero-order valence-electron chi connectivity index (χ0n) is 13.9. The van der Waals surface area contributed by atoms with Gasteiger partial charge in [-0.3, -0.25) is 0 Å². The Morgan fingerprint density at radius 1 is 1.26 bits per heavy atom. The van der Waals surface area contributed by atoms with Gasteiger partial charge in [-0.15, -0.1) is 0 Å². The van der Waals surface area contributed by atoms with Crippen LogP contribution in [0, 0.1) is 6.92 Å². The number of sulfonamides is 1. The molecule has 2 aromatic rings. The molecule has 0 spiro atoms. The van der Waals surface area contributed by atoms with Gasteiger partial charge in [-0.2, -0.15) is 0 Å². The van der Waals surface area contributed by atoms with Gasteiger partial charge in [0.1, 0.15) is 11.5 Å². The fraction of sp³-hybridized carbons (Fsp3) is 0.438. The highest BCUT2D eigenvalue weighted by Gasteiger charge is 2.16. The number of aromatic nitrogens is 1. The molecule has 6 nitrogen and oxygen atoms in total. The van der Waals surface area contributed by atoms with Crippen LogP contribution in [0.4, 0.5) is 5.69 Å². The van der Waals surface area contributed by atoms with E-state index in [2.05, 4.69) is 17.4 Å². The van der Waals surface area contributed by atoms with E-state index in [1.165, 1.54) is 18.4 Å². The third-order valence-electron chi connectivity index (χ3n) is 3.61. The maximum atomic E-state index is 11.9. The first-order valence-corrected chi connectivity index (χ1v) is 9.11. The van der Waals surface area contributed by atoms with E-state index in [0.29, 0.717) is 0 Å². The topological polar surface area (TPSA) is 75.4 Å². The van der Waals surface area contributed by atoms with E-state index >= 15 is 0 Å².